The van der Waals surface area contributed by atoms with Gasteiger partial charge < -0.3 is 4.74 Å². The predicted molar refractivity (Wildman–Crippen MR) is 81.2 cm³/mol. The van der Waals surface area contributed by atoms with Gasteiger partial charge in [0, 0.05) is 11.4 Å². The molecule has 0 spiro atoms. The molecule has 0 bridgehead atoms. The normalized spacial score (nSPS) is 37.3. The van der Waals surface area contributed by atoms with E-state index in [1.165, 1.54) is 51.4 Å². The van der Waals surface area contributed by atoms with E-state index in [1.807, 2.05) is 0 Å². The van der Waals surface area contributed by atoms with Crippen LogP contribution in [0.4, 0.5) is 0 Å². The number of rotatable bonds is 5. The van der Waals surface area contributed by atoms with Crippen molar-refractivity contribution in [3.05, 3.63) is 0 Å². The first-order valence-corrected chi connectivity index (χ1v) is 8.84. The van der Waals surface area contributed by atoms with Crippen molar-refractivity contribution in [1.29, 1.82) is 0 Å². The van der Waals surface area contributed by atoms with Crippen molar-refractivity contribution < 1.29 is 4.74 Å². The molecular formula is C16H29BrO. The molecule has 4 unspecified atom stereocenters. The fraction of sp³-hybridized carbons (Fsp3) is 1.00. The van der Waals surface area contributed by atoms with E-state index in [1.54, 1.807) is 0 Å². The van der Waals surface area contributed by atoms with Crippen LogP contribution in [-0.4, -0.2) is 17.5 Å². The van der Waals surface area contributed by atoms with Crippen LogP contribution in [0.25, 0.3) is 0 Å². The summed E-state index contributed by atoms with van der Waals surface area (Å²) < 4.78 is 5.72. The lowest BCUT2D eigenvalue weighted by atomic mass is 9.74. The van der Waals surface area contributed by atoms with Crippen LogP contribution in [-0.2, 0) is 4.74 Å². The van der Waals surface area contributed by atoms with Gasteiger partial charge in [-0.2, -0.15) is 0 Å². The second-order valence-electron chi connectivity index (χ2n) is 6.66. The van der Waals surface area contributed by atoms with Gasteiger partial charge in [0.1, 0.15) is 0 Å². The van der Waals surface area contributed by atoms with Crippen molar-refractivity contribution in [2.45, 2.75) is 76.1 Å². The maximum atomic E-state index is 5.72. The van der Waals surface area contributed by atoms with Crippen LogP contribution in [0.2, 0.25) is 0 Å². The van der Waals surface area contributed by atoms with Crippen molar-refractivity contribution in [1.82, 2.24) is 0 Å². The van der Waals surface area contributed by atoms with Gasteiger partial charge in [0.25, 0.3) is 0 Å². The number of hydrogen-bond acceptors (Lipinski definition) is 1. The lowest BCUT2D eigenvalue weighted by Crippen LogP contribution is -2.27. The SMILES string of the molecule is CC(C)C1CCC(Br)C(CCCC2CCCO2)C1. The van der Waals surface area contributed by atoms with Crippen molar-refractivity contribution in [2.24, 2.45) is 17.8 Å². The molecule has 2 heteroatoms. The lowest BCUT2D eigenvalue weighted by Gasteiger charge is -2.35. The van der Waals surface area contributed by atoms with Crippen molar-refractivity contribution >= 4 is 15.9 Å². The molecule has 0 aromatic carbocycles. The first-order chi connectivity index (χ1) is 8.66. The Kier molecular flexibility index (Phi) is 6.00. The highest BCUT2D eigenvalue weighted by atomic mass is 79.9. The van der Waals surface area contributed by atoms with Gasteiger partial charge in [0.05, 0.1) is 6.10 Å². The first-order valence-electron chi connectivity index (χ1n) is 7.92. The van der Waals surface area contributed by atoms with Crippen LogP contribution in [0.15, 0.2) is 0 Å². The Labute approximate surface area is 121 Å². The van der Waals surface area contributed by atoms with Gasteiger partial charge in [-0.3, -0.25) is 0 Å². The van der Waals surface area contributed by atoms with Gasteiger partial charge in [-0.15, -0.1) is 0 Å². The van der Waals surface area contributed by atoms with E-state index in [-0.39, 0.29) is 0 Å². The summed E-state index contributed by atoms with van der Waals surface area (Å²) in [5.74, 6) is 2.74. The summed E-state index contributed by atoms with van der Waals surface area (Å²) in [6.45, 7) is 5.79. The molecule has 2 aliphatic rings. The molecule has 1 aliphatic carbocycles. The van der Waals surface area contributed by atoms with Crippen molar-refractivity contribution in [3.8, 4) is 0 Å². The van der Waals surface area contributed by atoms with Gasteiger partial charge in [0.15, 0.2) is 0 Å². The van der Waals surface area contributed by atoms with Crippen molar-refractivity contribution in [3.63, 3.8) is 0 Å². The third kappa shape index (κ3) is 4.23. The maximum absolute atomic E-state index is 5.72. The molecule has 0 aromatic rings. The number of halogens is 1. The van der Waals surface area contributed by atoms with Crippen LogP contribution >= 0.6 is 15.9 Å². The molecular weight excluding hydrogens is 288 g/mol. The smallest absolute Gasteiger partial charge is 0.0576 e. The number of ether oxygens (including phenoxy) is 1. The molecule has 4 atom stereocenters. The minimum absolute atomic E-state index is 0.586. The third-order valence-electron chi connectivity index (χ3n) is 5.00. The number of hydrogen-bond donors (Lipinski definition) is 0. The Hall–Kier alpha value is 0.440. The Balaban J connectivity index is 1.69. The second-order valence-corrected chi connectivity index (χ2v) is 7.84. The van der Waals surface area contributed by atoms with Gasteiger partial charge in [0.2, 0.25) is 0 Å². The molecule has 106 valence electrons. The fourth-order valence-corrected chi connectivity index (χ4v) is 4.39. The minimum atomic E-state index is 0.586. The zero-order valence-corrected chi connectivity index (χ0v) is 13.6. The van der Waals surface area contributed by atoms with E-state index in [9.17, 15) is 0 Å². The molecule has 2 rings (SSSR count). The molecule has 1 saturated heterocycles. The highest BCUT2D eigenvalue weighted by molar-refractivity contribution is 9.09. The van der Waals surface area contributed by atoms with Crippen LogP contribution < -0.4 is 0 Å². The van der Waals surface area contributed by atoms with Gasteiger partial charge in [-0.1, -0.05) is 36.2 Å². The summed E-state index contributed by atoms with van der Waals surface area (Å²) in [5.41, 5.74) is 0. The Bertz CT molecular complexity index is 235. The summed E-state index contributed by atoms with van der Waals surface area (Å²) in [7, 11) is 0. The van der Waals surface area contributed by atoms with Crippen LogP contribution in [0.5, 0.6) is 0 Å². The fourth-order valence-electron chi connectivity index (χ4n) is 3.65. The molecule has 0 amide bonds. The average Bonchev–Trinajstić information content (AvgIpc) is 2.84. The summed E-state index contributed by atoms with van der Waals surface area (Å²) in [4.78, 5) is 0.775. The molecule has 1 nitrogen and oxygen atoms in total. The van der Waals surface area contributed by atoms with E-state index in [4.69, 9.17) is 4.74 Å². The quantitative estimate of drug-likeness (QED) is 0.636. The summed E-state index contributed by atoms with van der Waals surface area (Å²) in [5, 5.41) is 0. The lowest BCUT2D eigenvalue weighted by molar-refractivity contribution is 0.0990. The monoisotopic (exact) mass is 316 g/mol. The average molecular weight is 317 g/mol. The molecule has 2 fully saturated rings. The molecule has 1 saturated carbocycles. The molecule has 0 radical (unpaired) electrons. The van der Waals surface area contributed by atoms with E-state index < -0.39 is 0 Å². The predicted octanol–water partition coefficient (Wildman–Crippen LogP) is 5.17. The van der Waals surface area contributed by atoms with Crippen LogP contribution in [0.3, 0.4) is 0 Å². The topological polar surface area (TPSA) is 9.23 Å². The maximum Gasteiger partial charge on any atom is 0.0576 e. The van der Waals surface area contributed by atoms with Crippen LogP contribution in [0, 0.1) is 17.8 Å². The summed E-state index contributed by atoms with van der Waals surface area (Å²) in [6.07, 6.45) is 11.5. The molecule has 1 heterocycles. The van der Waals surface area contributed by atoms with E-state index >= 15 is 0 Å². The zero-order valence-electron chi connectivity index (χ0n) is 12.0. The van der Waals surface area contributed by atoms with Crippen molar-refractivity contribution in [2.75, 3.05) is 6.61 Å². The second kappa shape index (κ2) is 7.28. The largest absolute Gasteiger partial charge is 0.378 e. The molecule has 18 heavy (non-hydrogen) atoms. The Morgan fingerprint density at radius 2 is 2.00 bits per heavy atom. The van der Waals surface area contributed by atoms with E-state index in [2.05, 4.69) is 29.8 Å². The van der Waals surface area contributed by atoms with Crippen LogP contribution in [0.1, 0.15) is 65.2 Å². The van der Waals surface area contributed by atoms with E-state index in [0.29, 0.717) is 6.10 Å². The highest BCUT2D eigenvalue weighted by Gasteiger charge is 2.30. The van der Waals surface area contributed by atoms with Gasteiger partial charge in [-0.25, -0.2) is 0 Å². The third-order valence-corrected chi connectivity index (χ3v) is 6.20. The summed E-state index contributed by atoms with van der Waals surface area (Å²) >= 11 is 3.91. The molecule has 0 aromatic heterocycles. The number of alkyl halides is 1. The zero-order chi connectivity index (χ0) is 13.0. The van der Waals surface area contributed by atoms with E-state index in [0.717, 1.165) is 29.2 Å². The highest BCUT2D eigenvalue weighted by Crippen LogP contribution is 2.39. The Morgan fingerprint density at radius 1 is 1.17 bits per heavy atom. The van der Waals surface area contributed by atoms with Gasteiger partial charge >= 0.3 is 0 Å². The molecule has 1 aliphatic heterocycles. The molecule has 0 N–H and O–H groups in total. The minimum Gasteiger partial charge on any atom is -0.378 e. The Morgan fingerprint density at radius 3 is 2.67 bits per heavy atom. The summed E-state index contributed by atoms with van der Waals surface area (Å²) in [6, 6.07) is 0. The first kappa shape index (κ1) is 14.8. The standard InChI is InChI=1S/C16H29BrO/c1-12(2)13-8-9-16(17)14(11-13)5-3-6-15-7-4-10-18-15/h12-16H,3-11H2,1-2H3. The van der Waals surface area contributed by atoms with Gasteiger partial charge in [-0.05, 0) is 62.7 Å².